The maximum Gasteiger partial charge on any atom is 0.325 e. The van der Waals surface area contributed by atoms with Crippen molar-refractivity contribution in [2.45, 2.75) is 25.6 Å². The van der Waals surface area contributed by atoms with Crippen LogP contribution in [0.2, 0.25) is 0 Å². The highest BCUT2D eigenvalue weighted by Gasteiger charge is 2.39. The van der Waals surface area contributed by atoms with E-state index in [1.54, 1.807) is 30.1 Å². The number of urea groups is 1. The van der Waals surface area contributed by atoms with Gasteiger partial charge >= 0.3 is 6.03 Å². The summed E-state index contributed by atoms with van der Waals surface area (Å²) < 4.78 is 10.5. The van der Waals surface area contributed by atoms with Crippen LogP contribution in [0.5, 0.6) is 11.5 Å². The first-order valence-corrected chi connectivity index (χ1v) is 9.53. The van der Waals surface area contributed by atoms with E-state index in [1.807, 2.05) is 30.3 Å². The summed E-state index contributed by atoms with van der Waals surface area (Å²) in [5, 5.41) is 2.61. The molecule has 2 aromatic rings. The molecule has 0 aliphatic carbocycles. The molecule has 0 aromatic heterocycles. The predicted molar refractivity (Wildman–Crippen MR) is 110 cm³/mol. The van der Waals surface area contributed by atoms with Crippen molar-refractivity contribution in [1.82, 2.24) is 15.1 Å². The van der Waals surface area contributed by atoms with Crippen LogP contribution in [-0.2, 0) is 22.7 Å². The fourth-order valence-electron chi connectivity index (χ4n) is 3.30. The Kier molecular flexibility index (Phi) is 6.56. The van der Waals surface area contributed by atoms with Crippen molar-refractivity contribution in [3.8, 4) is 11.5 Å². The predicted octanol–water partition coefficient (Wildman–Crippen LogP) is 2.17. The zero-order valence-electron chi connectivity index (χ0n) is 17.3. The summed E-state index contributed by atoms with van der Waals surface area (Å²) in [4.78, 5) is 40.3. The van der Waals surface area contributed by atoms with Gasteiger partial charge in [-0.3, -0.25) is 14.5 Å². The second-order valence-corrected chi connectivity index (χ2v) is 7.06. The Balaban J connectivity index is 1.62. The van der Waals surface area contributed by atoms with E-state index in [4.69, 9.17) is 9.47 Å². The lowest BCUT2D eigenvalue weighted by atomic mass is 10.1. The Morgan fingerprint density at radius 1 is 1.03 bits per heavy atom. The van der Waals surface area contributed by atoms with E-state index in [-0.39, 0.29) is 18.9 Å². The summed E-state index contributed by atoms with van der Waals surface area (Å²) in [6.07, 6.45) is -0.0870. The van der Waals surface area contributed by atoms with Crippen LogP contribution < -0.4 is 14.8 Å². The summed E-state index contributed by atoms with van der Waals surface area (Å²) in [5.41, 5.74) is 1.70. The van der Waals surface area contributed by atoms with Gasteiger partial charge in [0.25, 0.3) is 5.91 Å². The molecule has 1 N–H and O–H groups in total. The number of rotatable bonds is 8. The van der Waals surface area contributed by atoms with Crippen molar-refractivity contribution < 1.29 is 23.9 Å². The number of nitrogens with one attached hydrogen (secondary N) is 1. The van der Waals surface area contributed by atoms with Gasteiger partial charge in [-0.05, 0) is 23.3 Å². The molecule has 1 fully saturated rings. The third-order valence-corrected chi connectivity index (χ3v) is 4.96. The molecule has 8 nitrogen and oxygen atoms in total. The highest BCUT2D eigenvalue weighted by molar-refractivity contribution is 6.05. The van der Waals surface area contributed by atoms with Crippen LogP contribution in [-0.4, -0.2) is 55.0 Å². The zero-order valence-corrected chi connectivity index (χ0v) is 17.3. The average molecular weight is 411 g/mol. The second-order valence-electron chi connectivity index (χ2n) is 7.06. The molecule has 3 rings (SSSR count). The number of hydrogen-bond acceptors (Lipinski definition) is 5. The largest absolute Gasteiger partial charge is 0.493 e. The molecule has 1 aliphatic heterocycles. The van der Waals surface area contributed by atoms with Crippen LogP contribution in [0.25, 0.3) is 0 Å². The maximum atomic E-state index is 12.7. The Hall–Kier alpha value is -3.55. The van der Waals surface area contributed by atoms with Crippen molar-refractivity contribution in [3.05, 3.63) is 59.7 Å². The number of benzene rings is 2. The second kappa shape index (κ2) is 9.30. The topological polar surface area (TPSA) is 88.2 Å². The quantitative estimate of drug-likeness (QED) is 0.673. The Labute approximate surface area is 175 Å². The molecule has 2 aromatic carbocycles. The number of imide groups is 1. The van der Waals surface area contributed by atoms with Gasteiger partial charge in [0.1, 0.15) is 6.04 Å². The Bertz CT molecular complexity index is 932. The molecular weight excluding hydrogens is 386 g/mol. The van der Waals surface area contributed by atoms with E-state index in [1.165, 1.54) is 14.2 Å². The van der Waals surface area contributed by atoms with Crippen LogP contribution in [0.4, 0.5) is 4.79 Å². The summed E-state index contributed by atoms with van der Waals surface area (Å²) in [5.74, 6) is 0.432. The Morgan fingerprint density at radius 3 is 2.40 bits per heavy atom. The van der Waals surface area contributed by atoms with E-state index >= 15 is 0 Å². The third-order valence-electron chi connectivity index (χ3n) is 4.96. The summed E-state index contributed by atoms with van der Waals surface area (Å²) >= 11 is 0. The normalized spacial score (nSPS) is 15.7. The number of carbonyl (C=O) groups is 3. The van der Waals surface area contributed by atoms with Crippen molar-refractivity contribution in [2.75, 3.05) is 21.3 Å². The minimum Gasteiger partial charge on any atom is -0.493 e. The lowest BCUT2D eigenvalue weighted by molar-refractivity contribution is -0.135. The summed E-state index contributed by atoms with van der Waals surface area (Å²) in [7, 11) is 4.73. The van der Waals surface area contributed by atoms with E-state index in [0.717, 1.165) is 10.5 Å². The summed E-state index contributed by atoms with van der Waals surface area (Å²) in [6.45, 7) is 0.513. The highest BCUT2D eigenvalue weighted by atomic mass is 16.5. The van der Waals surface area contributed by atoms with Gasteiger partial charge in [0.15, 0.2) is 11.5 Å². The van der Waals surface area contributed by atoms with E-state index in [9.17, 15) is 14.4 Å². The van der Waals surface area contributed by atoms with E-state index in [2.05, 4.69) is 5.32 Å². The van der Waals surface area contributed by atoms with Crippen LogP contribution >= 0.6 is 0 Å². The van der Waals surface area contributed by atoms with Gasteiger partial charge in [0, 0.05) is 13.6 Å². The van der Waals surface area contributed by atoms with Crippen molar-refractivity contribution >= 4 is 17.8 Å². The standard InChI is InChI=1S/C22H25N3O5/c1-24(13-15-7-5-4-6-8-15)20(26)12-17-21(27)25(22(28)23-17)14-16-9-10-18(29-2)19(11-16)30-3/h4-11,17H,12-14H2,1-3H3,(H,23,28). The third kappa shape index (κ3) is 4.71. The van der Waals surface area contributed by atoms with Crippen LogP contribution in [0.3, 0.4) is 0 Å². The maximum absolute atomic E-state index is 12.7. The number of amides is 4. The van der Waals surface area contributed by atoms with Crippen LogP contribution in [0.15, 0.2) is 48.5 Å². The lowest BCUT2D eigenvalue weighted by Gasteiger charge is -2.19. The number of nitrogens with zero attached hydrogens (tertiary/aromatic N) is 2. The number of methoxy groups -OCH3 is 2. The van der Waals surface area contributed by atoms with Crippen LogP contribution in [0.1, 0.15) is 17.5 Å². The van der Waals surface area contributed by atoms with Gasteiger partial charge in [-0.15, -0.1) is 0 Å². The van der Waals surface area contributed by atoms with E-state index < -0.39 is 18.0 Å². The molecule has 0 saturated carbocycles. The molecule has 1 aliphatic rings. The van der Waals surface area contributed by atoms with Gasteiger partial charge in [-0.2, -0.15) is 0 Å². The minimum absolute atomic E-state index is 0.0789. The van der Waals surface area contributed by atoms with Gasteiger partial charge in [-0.1, -0.05) is 36.4 Å². The molecule has 30 heavy (non-hydrogen) atoms. The number of ether oxygens (including phenoxy) is 2. The molecule has 1 unspecified atom stereocenters. The molecule has 1 heterocycles. The van der Waals surface area contributed by atoms with Gasteiger partial charge in [0.05, 0.1) is 27.2 Å². The molecule has 1 atom stereocenters. The van der Waals surface area contributed by atoms with Crippen molar-refractivity contribution in [1.29, 1.82) is 0 Å². The smallest absolute Gasteiger partial charge is 0.325 e. The lowest BCUT2D eigenvalue weighted by Crippen LogP contribution is -2.37. The number of hydrogen-bond donors (Lipinski definition) is 1. The van der Waals surface area contributed by atoms with Crippen molar-refractivity contribution in [3.63, 3.8) is 0 Å². The van der Waals surface area contributed by atoms with Crippen LogP contribution in [0, 0.1) is 0 Å². The molecule has 0 radical (unpaired) electrons. The molecule has 0 spiro atoms. The van der Waals surface area contributed by atoms with E-state index in [0.29, 0.717) is 23.6 Å². The van der Waals surface area contributed by atoms with Gasteiger partial charge < -0.3 is 19.7 Å². The fourth-order valence-corrected chi connectivity index (χ4v) is 3.30. The Morgan fingerprint density at radius 2 is 1.73 bits per heavy atom. The minimum atomic E-state index is -0.872. The first-order chi connectivity index (χ1) is 14.4. The number of carbonyl (C=O) groups excluding carboxylic acids is 3. The van der Waals surface area contributed by atoms with Gasteiger partial charge in [0.2, 0.25) is 5.91 Å². The summed E-state index contributed by atoms with van der Waals surface area (Å²) in [6, 6.07) is 13.4. The highest BCUT2D eigenvalue weighted by Crippen LogP contribution is 2.28. The molecule has 8 heteroatoms. The molecule has 0 bridgehead atoms. The molecule has 158 valence electrons. The molecule has 4 amide bonds. The van der Waals surface area contributed by atoms with Crippen molar-refractivity contribution in [2.24, 2.45) is 0 Å². The first-order valence-electron chi connectivity index (χ1n) is 9.53. The molecule has 1 saturated heterocycles. The fraction of sp³-hybridized carbons (Fsp3) is 0.318. The monoisotopic (exact) mass is 411 g/mol. The average Bonchev–Trinajstić information content (AvgIpc) is 3.01. The first kappa shape index (κ1) is 21.2. The molecular formula is C22H25N3O5. The zero-order chi connectivity index (χ0) is 21.7. The van der Waals surface area contributed by atoms with Gasteiger partial charge in [-0.25, -0.2) is 4.79 Å². The SMILES string of the molecule is COc1ccc(CN2C(=O)NC(CC(=O)N(C)Cc3ccccc3)C2=O)cc1OC.